The number of amides is 1. The maximum absolute atomic E-state index is 12.0. The van der Waals surface area contributed by atoms with Crippen molar-refractivity contribution >= 4 is 11.6 Å². The van der Waals surface area contributed by atoms with Crippen LogP contribution in [0.2, 0.25) is 0 Å². The number of hydrogen-bond acceptors (Lipinski definition) is 5. The number of oxazole rings is 1. The van der Waals surface area contributed by atoms with Crippen LogP contribution in [0, 0.1) is 0 Å². The van der Waals surface area contributed by atoms with Crippen molar-refractivity contribution in [1.29, 1.82) is 0 Å². The number of hydrogen-bond donors (Lipinski definition) is 3. The van der Waals surface area contributed by atoms with Crippen LogP contribution in [0.25, 0.3) is 11.3 Å². The number of anilines is 1. The zero-order valence-corrected chi connectivity index (χ0v) is 10.7. The molecule has 1 aliphatic heterocycles. The molecular weight excluding hydrogens is 258 g/mol. The lowest BCUT2D eigenvalue weighted by Gasteiger charge is -2.11. The Labute approximate surface area is 115 Å². The zero-order chi connectivity index (χ0) is 13.9. The number of β-amino-alcohol motifs (C(OH)–C–C–N with tert-alkyl or cyclic N) is 1. The average Bonchev–Trinajstić information content (AvgIpc) is 3.10. The van der Waals surface area contributed by atoms with E-state index in [1.165, 1.54) is 6.39 Å². The van der Waals surface area contributed by atoms with Gasteiger partial charge in [0.25, 0.3) is 0 Å². The molecule has 0 saturated carbocycles. The molecule has 104 valence electrons. The molecule has 1 aliphatic rings. The fraction of sp³-hybridized carbons (Fsp3) is 0.286. The van der Waals surface area contributed by atoms with E-state index >= 15 is 0 Å². The number of benzene rings is 1. The second-order valence-corrected chi connectivity index (χ2v) is 4.79. The van der Waals surface area contributed by atoms with Crippen LogP contribution in [-0.4, -0.2) is 34.7 Å². The van der Waals surface area contributed by atoms with E-state index in [0.29, 0.717) is 24.4 Å². The molecular formula is C14H15N3O3. The highest BCUT2D eigenvalue weighted by Gasteiger charge is 2.27. The highest BCUT2D eigenvalue weighted by molar-refractivity contribution is 5.95. The van der Waals surface area contributed by atoms with Crippen molar-refractivity contribution in [2.75, 3.05) is 11.9 Å². The number of nitrogens with one attached hydrogen (secondary N) is 2. The van der Waals surface area contributed by atoms with Crippen LogP contribution in [-0.2, 0) is 4.79 Å². The predicted octanol–water partition coefficient (Wildman–Crippen LogP) is 1.00. The van der Waals surface area contributed by atoms with Crippen LogP contribution in [0.5, 0.6) is 0 Å². The van der Waals surface area contributed by atoms with Crippen LogP contribution >= 0.6 is 0 Å². The molecule has 1 saturated heterocycles. The lowest BCUT2D eigenvalue weighted by atomic mass is 10.1. The molecule has 0 aliphatic carbocycles. The standard InChI is InChI=1S/C14H15N3O3/c18-11-5-12(16-6-11)14(19)17-10-3-1-2-9(4-10)13-7-15-8-20-13/h1-4,7-8,11-12,16,18H,5-6H2,(H,17,19). The summed E-state index contributed by atoms with van der Waals surface area (Å²) in [4.78, 5) is 15.9. The molecule has 6 nitrogen and oxygen atoms in total. The Kier molecular flexibility index (Phi) is 3.49. The number of nitrogens with zero attached hydrogens (tertiary/aromatic N) is 1. The molecule has 1 fully saturated rings. The maximum Gasteiger partial charge on any atom is 0.241 e. The largest absolute Gasteiger partial charge is 0.444 e. The minimum Gasteiger partial charge on any atom is -0.444 e. The summed E-state index contributed by atoms with van der Waals surface area (Å²) in [7, 11) is 0. The normalized spacial score (nSPS) is 21.9. The number of rotatable bonds is 3. The fourth-order valence-electron chi connectivity index (χ4n) is 2.25. The van der Waals surface area contributed by atoms with Crippen LogP contribution in [0.15, 0.2) is 41.3 Å². The van der Waals surface area contributed by atoms with Crippen molar-refractivity contribution in [2.45, 2.75) is 18.6 Å². The Morgan fingerprint density at radius 1 is 1.50 bits per heavy atom. The first-order chi connectivity index (χ1) is 9.72. The van der Waals surface area contributed by atoms with Gasteiger partial charge in [0.1, 0.15) is 0 Å². The first-order valence-electron chi connectivity index (χ1n) is 6.43. The van der Waals surface area contributed by atoms with Crippen molar-refractivity contribution in [3.05, 3.63) is 36.9 Å². The molecule has 20 heavy (non-hydrogen) atoms. The molecule has 1 aromatic carbocycles. The number of aliphatic hydroxyl groups excluding tert-OH is 1. The first kappa shape index (κ1) is 12.8. The average molecular weight is 273 g/mol. The van der Waals surface area contributed by atoms with Crippen LogP contribution < -0.4 is 10.6 Å². The van der Waals surface area contributed by atoms with Crippen molar-refractivity contribution in [2.24, 2.45) is 0 Å². The number of carbonyl (C=O) groups excluding carboxylic acids is 1. The molecule has 2 aromatic rings. The Morgan fingerprint density at radius 3 is 3.10 bits per heavy atom. The summed E-state index contributed by atoms with van der Waals surface area (Å²) < 4.78 is 5.22. The summed E-state index contributed by atoms with van der Waals surface area (Å²) in [5.74, 6) is 0.506. The summed E-state index contributed by atoms with van der Waals surface area (Å²) in [6.07, 6.45) is 2.97. The molecule has 0 radical (unpaired) electrons. The quantitative estimate of drug-likeness (QED) is 0.776. The Bertz CT molecular complexity index is 597. The van der Waals surface area contributed by atoms with Gasteiger partial charge in [0.05, 0.1) is 18.3 Å². The van der Waals surface area contributed by atoms with Gasteiger partial charge in [-0.1, -0.05) is 12.1 Å². The van der Waals surface area contributed by atoms with Gasteiger partial charge >= 0.3 is 0 Å². The van der Waals surface area contributed by atoms with Gasteiger partial charge < -0.3 is 20.2 Å². The smallest absolute Gasteiger partial charge is 0.241 e. The third-order valence-corrected chi connectivity index (χ3v) is 3.27. The SMILES string of the molecule is O=C(Nc1cccc(-c2cnco2)c1)C1CC(O)CN1. The summed E-state index contributed by atoms with van der Waals surface area (Å²) in [6, 6.07) is 7.00. The third-order valence-electron chi connectivity index (χ3n) is 3.27. The van der Waals surface area contributed by atoms with Crippen molar-refractivity contribution in [3.63, 3.8) is 0 Å². The number of aromatic nitrogens is 1. The van der Waals surface area contributed by atoms with E-state index in [4.69, 9.17) is 4.42 Å². The van der Waals surface area contributed by atoms with Gasteiger partial charge in [0.15, 0.2) is 12.2 Å². The van der Waals surface area contributed by atoms with Crippen LogP contribution in [0.4, 0.5) is 5.69 Å². The van der Waals surface area contributed by atoms with E-state index in [-0.39, 0.29) is 11.9 Å². The highest BCUT2D eigenvalue weighted by Crippen LogP contribution is 2.22. The number of carbonyl (C=O) groups is 1. The van der Waals surface area contributed by atoms with E-state index < -0.39 is 6.10 Å². The topological polar surface area (TPSA) is 87.4 Å². The first-order valence-corrected chi connectivity index (χ1v) is 6.43. The Hall–Kier alpha value is -2.18. The Morgan fingerprint density at radius 2 is 2.40 bits per heavy atom. The molecule has 3 N–H and O–H groups in total. The number of aliphatic hydroxyl groups is 1. The lowest BCUT2D eigenvalue weighted by Crippen LogP contribution is -2.35. The highest BCUT2D eigenvalue weighted by atomic mass is 16.3. The monoisotopic (exact) mass is 273 g/mol. The zero-order valence-electron chi connectivity index (χ0n) is 10.7. The minimum absolute atomic E-state index is 0.142. The molecule has 2 atom stereocenters. The van der Waals surface area contributed by atoms with E-state index in [2.05, 4.69) is 15.6 Å². The van der Waals surface area contributed by atoms with Gasteiger partial charge in [-0.3, -0.25) is 4.79 Å². The molecule has 3 rings (SSSR count). The van der Waals surface area contributed by atoms with Crippen molar-refractivity contribution in [1.82, 2.24) is 10.3 Å². The van der Waals surface area contributed by atoms with Gasteiger partial charge in [-0.05, 0) is 18.6 Å². The summed E-state index contributed by atoms with van der Waals surface area (Å²) >= 11 is 0. The predicted molar refractivity (Wildman–Crippen MR) is 73.0 cm³/mol. The second kappa shape index (κ2) is 5.44. The van der Waals surface area contributed by atoms with E-state index in [1.807, 2.05) is 24.3 Å². The van der Waals surface area contributed by atoms with Crippen molar-refractivity contribution in [3.8, 4) is 11.3 Å². The summed E-state index contributed by atoms with van der Waals surface area (Å²) in [5, 5.41) is 15.2. The van der Waals surface area contributed by atoms with Gasteiger partial charge in [-0.2, -0.15) is 0 Å². The van der Waals surface area contributed by atoms with E-state index in [1.54, 1.807) is 6.20 Å². The van der Waals surface area contributed by atoms with Gasteiger partial charge in [0.2, 0.25) is 5.91 Å². The van der Waals surface area contributed by atoms with E-state index in [0.717, 1.165) is 5.56 Å². The maximum atomic E-state index is 12.0. The molecule has 0 spiro atoms. The lowest BCUT2D eigenvalue weighted by molar-refractivity contribution is -0.117. The molecule has 1 amide bonds. The van der Waals surface area contributed by atoms with Gasteiger partial charge in [0, 0.05) is 17.8 Å². The van der Waals surface area contributed by atoms with E-state index in [9.17, 15) is 9.90 Å². The molecule has 0 bridgehead atoms. The van der Waals surface area contributed by atoms with Gasteiger partial charge in [-0.25, -0.2) is 4.98 Å². The molecule has 6 heteroatoms. The van der Waals surface area contributed by atoms with Gasteiger partial charge in [-0.15, -0.1) is 0 Å². The second-order valence-electron chi connectivity index (χ2n) is 4.79. The molecule has 2 heterocycles. The van der Waals surface area contributed by atoms with Crippen LogP contribution in [0.3, 0.4) is 0 Å². The molecule has 2 unspecified atom stereocenters. The third kappa shape index (κ3) is 2.71. The summed E-state index contributed by atoms with van der Waals surface area (Å²) in [6.45, 7) is 0.455. The summed E-state index contributed by atoms with van der Waals surface area (Å²) in [5.41, 5.74) is 1.53. The fourth-order valence-corrected chi connectivity index (χ4v) is 2.25. The Balaban J connectivity index is 1.71. The van der Waals surface area contributed by atoms with Crippen molar-refractivity contribution < 1.29 is 14.3 Å². The van der Waals surface area contributed by atoms with Crippen LogP contribution in [0.1, 0.15) is 6.42 Å². The minimum atomic E-state index is -0.453. The molecule has 1 aromatic heterocycles.